The molecule has 1 heteroatoms. The van der Waals surface area contributed by atoms with E-state index < -0.39 is 5.41 Å². The molecular formula is C7H12N. The molecule has 0 bridgehead atoms. The molecule has 0 heterocycles. The Labute approximate surface area is 51.3 Å². The molecule has 0 saturated heterocycles. The van der Waals surface area contributed by atoms with Gasteiger partial charge in [-0.2, -0.15) is 5.26 Å². The smallest absolute Gasteiger partial charge is 0.0689 e. The fourth-order valence-corrected chi connectivity index (χ4v) is 0.129. The fraction of sp³-hybridized carbons (Fsp3) is 0.714. The lowest BCUT2D eigenvalue weighted by Gasteiger charge is -2.18. The minimum Gasteiger partial charge on any atom is -0.198 e. The minimum absolute atomic E-state index is 0.340. The van der Waals surface area contributed by atoms with E-state index in [4.69, 9.17) is 5.26 Å². The molecule has 0 aromatic heterocycles. The van der Waals surface area contributed by atoms with Gasteiger partial charge in [0.2, 0.25) is 0 Å². The van der Waals surface area contributed by atoms with Crippen molar-refractivity contribution in [1.82, 2.24) is 0 Å². The molecule has 0 spiro atoms. The fourth-order valence-electron chi connectivity index (χ4n) is 0.129. The van der Waals surface area contributed by atoms with Crippen molar-refractivity contribution in [3.05, 3.63) is 6.92 Å². The van der Waals surface area contributed by atoms with Crippen LogP contribution >= 0.6 is 0 Å². The van der Waals surface area contributed by atoms with Gasteiger partial charge >= 0.3 is 0 Å². The highest BCUT2D eigenvalue weighted by Gasteiger charge is 2.20. The Kier molecular flexibility index (Phi) is 2.03. The maximum atomic E-state index is 8.45. The Bertz CT molecular complexity index is 106. The molecule has 1 atom stereocenters. The summed E-state index contributed by atoms with van der Waals surface area (Å²) >= 11 is 0. The average Bonchev–Trinajstić information content (AvgIpc) is 1.67. The molecule has 0 amide bonds. The molecule has 0 aliphatic carbocycles. The van der Waals surface area contributed by atoms with Crippen molar-refractivity contribution in [2.45, 2.75) is 20.8 Å². The zero-order valence-corrected chi connectivity index (χ0v) is 5.73. The quantitative estimate of drug-likeness (QED) is 0.506. The lowest BCUT2D eigenvalue weighted by molar-refractivity contribution is 0.391. The van der Waals surface area contributed by atoms with Crippen LogP contribution in [-0.2, 0) is 0 Å². The summed E-state index contributed by atoms with van der Waals surface area (Å²) in [6.45, 7) is 9.56. The van der Waals surface area contributed by atoms with Gasteiger partial charge in [-0.1, -0.05) is 13.8 Å². The van der Waals surface area contributed by atoms with E-state index in [1.165, 1.54) is 0 Å². The Morgan fingerprint density at radius 2 is 2.00 bits per heavy atom. The standard InChI is InChI=1S/C7H12N/c1-6(2)7(3,4)5-8/h6H,3H2,1-2,4H3. The van der Waals surface area contributed by atoms with Crippen LogP contribution in [0.1, 0.15) is 20.8 Å². The highest BCUT2D eigenvalue weighted by Crippen LogP contribution is 2.23. The van der Waals surface area contributed by atoms with Crippen LogP contribution in [-0.4, -0.2) is 0 Å². The van der Waals surface area contributed by atoms with Crippen LogP contribution in [0.3, 0.4) is 0 Å². The van der Waals surface area contributed by atoms with Crippen LogP contribution in [0.5, 0.6) is 0 Å². The number of hydrogen-bond acceptors (Lipinski definition) is 1. The number of rotatable bonds is 1. The molecule has 0 N–H and O–H groups in total. The van der Waals surface area contributed by atoms with Crippen molar-refractivity contribution in [3.8, 4) is 6.07 Å². The molecule has 1 nitrogen and oxygen atoms in total. The largest absolute Gasteiger partial charge is 0.198 e. The molecule has 0 fully saturated rings. The Morgan fingerprint density at radius 1 is 1.62 bits per heavy atom. The van der Waals surface area contributed by atoms with Crippen LogP contribution < -0.4 is 0 Å². The molecule has 0 aromatic rings. The molecule has 1 unspecified atom stereocenters. The van der Waals surface area contributed by atoms with Gasteiger partial charge in [-0.25, -0.2) is 0 Å². The van der Waals surface area contributed by atoms with E-state index in [1.54, 1.807) is 0 Å². The van der Waals surface area contributed by atoms with Crippen LogP contribution in [0.4, 0.5) is 0 Å². The summed E-state index contributed by atoms with van der Waals surface area (Å²) in [5, 5.41) is 8.45. The van der Waals surface area contributed by atoms with Gasteiger partial charge < -0.3 is 0 Å². The van der Waals surface area contributed by atoms with E-state index in [0.29, 0.717) is 5.92 Å². The van der Waals surface area contributed by atoms with Crippen molar-refractivity contribution in [1.29, 1.82) is 5.26 Å². The van der Waals surface area contributed by atoms with Crippen molar-refractivity contribution >= 4 is 0 Å². The van der Waals surface area contributed by atoms with E-state index in [9.17, 15) is 0 Å². The van der Waals surface area contributed by atoms with Crippen LogP contribution in [0.25, 0.3) is 0 Å². The summed E-state index contributed by atoms with van der Waals surface area (Å²) in [6.07, 6.45) is 0. The summed E-state index contributed by atoms with van der Waals surface area (Å²) in [5.74, 6) is 0.340. The predicted octanol–water partition coefficient (Wildman–Crippen LogP) is 2.01. The molecule has 8 heavy (non-hydrogen) atoms. The van der Waals surface area contributed by atoms with Gasteiger partial charge in [-0.05, 0) is 19.8 Å². The number of nitriles is 1. The number of nitrogens with zero attached hydrogens (tertiary/aromatic N) is 1. The zero-order valence-electron chi connectivity index (χ0n) is 5.73. The summed E-state index contributed by atoms with van der Waals surface area (Å²) in [4.78, 5) is 0. The Hall–Kier alpha value is -0.510. The first-order chi connectivity index (χ1) is 3.50. The predicted molar refractivity (Wildman–Crippen MR) is 33.9 cm³/mol. The highest BCUT2D eigenvalue weighted by molar-refractivity contribution is 4.99. The lowest BCUT2D eigenvalue weighted by atomic mass is 9.83. The van der Waals surface area contributed by atoms with Crippen molar-refractivity contribution < 1.29 is 0 Å². The Morgan fingerprint density at radius 3 is 2.00 bits per heavy atom. The van der Waals surface area contributed by atoms with Crippen molar-refractivity contribution in [3.63, 3.8) is 0 Å². The van der Waals surface area contributed by atoms with Gasteiger partial charge in [0, 0.05) is 0 Å². The van der Waals surface area contributed by atoms with E-state index in [2.05, 4.69) is 13.0 Å². The van der Waals surface area contributed by atoms with E-state index in [-0.39, 0.29) is 0 Å². The molecule has 0 aromatic carbocycles. The van der Waals surface area contributed by atoms with Crippen LogP contribution in [0.15, 0.2) is 0 Å². The first-order valence-electron chi connectivity index (χ1n) is 2.77. The maximum absolute atomic E-state index is 8.45. The lowest BCUT2D eigenvalue weighted by Crippen LogP contribution is -2.16. The van der Waals surface area contributed by atoms with Crippen LogP contribution in [0, 0.1) is 29.6 Å². The molecule has 0 aliphatic heterocycles. The normalized spacial score (nSPS) is 11.5. The molecule has 0 saturated carbocycles. The van der Waals surface area contributed by atoms with Gasteiger partial charge in [0.15, 0.2) is 0 Å². The minimum atomic E-state index is -0.403. The second-order valence-corrected chi connectivity index (χ2v) is 2.68. The topological polar surface area (TPSA) is 23.8 Å². The molecule has 1 radical (unpaired) electrons. The van der Waals surface area contributed by atoms with Gasteiger partial charge in [0.05, 0.1) is 11.5 Å². The third-order valence-corrected chi connectivity index (χ3v) is 1.53. The SMILES string of the molecule is [CH2]C(C)(C#N)C(C)C. The second-order valence-electron chi connectivity index (χ2n) is 2.68. The third kappa shape index (κ3) is 1.54. The van der Waals surface area contributed by atoms with E-state index in [0.717, 1.165) is 0 Å². The average molecular weight is 110 g/mol. The zero-order chi connectivity index (χ0) is 6.78. The maximum Gasteiger partial charge on any atom is 0.0689 e. The third-order valence-electron chi connectivity index (χ3n) is 1.53. The molecule has 0 aliphatic rings. The van der Waals surface area contributed by atoms with Gasteiger partial charge in [-0.15, -0.1) is 0 Å². The Balaban J connectivity index is 3.97. The monoisotopic (exact) mass is 110 g/mol. The summed E-state index contributed by atoms with van der Waals surface area (Å²) in [7, 11) is 0. The van der Waals surface area contributed by atoms with E-state index in [1.807, 2.05) is 20.8 Å². The first kappa shape index (κ1) is 7.49. The van der Waals surface area contributed by atoms with Gasteiger partial charge in [0.1, 0.15) is 0 Å². The van der Waals surface area contributed by atoms with Gasteiger partial charge in [0.25, 0.3) is 0 Å². The second kappa shape index (κ2) is 2.17. The number of hydrogen-bond donors (Lipinski definition) is 0. The van der Waals surface area contributed by atoms with E-state index >= 15 is 0 Å². The van der Waals surface area contributed by atoms with Crippen molar-refractivity contribution in [2.24, 2.45) is 11.3 Å². The molecule has 45 valence electrons. The summed E-state index contributed by atoms with van der Waals surface area (Å²) in [5.41, 5.74) is -0.403. The summed E-state index contributed by atoms with van der Waals surface area (Å²) in [6, 6.07) is 2.13. The molecular weight excluding hydrogens is 98.1 g/mol. The van der Waals surface area contributed by atoms with Crippen molar-refractivity contribution in [2.75, 3.05) is 0 Å². The summed E-state index contributed by atoms with van der Waals surface area (Å²) < 4.78 is 0. The molecule has 0 rings (SSSR count). The van der Waals surface area contributed by atoms with Crippen LogP contribution in [0.2, 0.25) is 0 Å². The highest BCUT2D eigenvalue weighted by atomic mass is 14.3. The first-order valence-corrected chi connectivity index (χ1v) is 2.77. The van der Waals surface area contributed by atoms with Gasteiger partial charge in [-0.3, -0.25) is 0 Å².